The van der Waals surface area contributed by atoms with Crippen LogP contribution >= 0.6 is 11.3 Å². The molecule has 0 bridgehead atoms. The highest BCUT2D eigenvalue weighted by molar-refractivity contribution is 7.19. The molecule has 1 atom stereocenters. The minimum atomic E-state index is 0.0917. The van der Waals surface area contributed by atoms with Crippen LogP contribution < -0.4 is 9.80 Å². The number of aliphatic hydroxyl groups is 1. The maximum atomic E-state index is 9.52. The zero-order valence-electron chi connectivity index (χ0n) is 16.4. The van der Waals surface area contributed by atoms with Gasteiger partial charge in [0.05, 0.1) is 23.4 Å². The van der Waals surface area contributed by atoms with Crippen LogP contribution in [0.25, 0.3) is 16.0 Å². The topological polar surface area (TPSA) is 83.9 Å². The van der Waals surface area contributed by atoms with Crippen molar-refractivity contribution >= 4 is 33.1 Å². The van der Waals surface area contributed by atoms with Crippen LogP contribution in [0.3, 0.4) is 0 Å². The molecule has 1 unspecified atom stereocenters. The van der Waals surface area contributed by atoms with Crippen LogP contribution in [0.2, 0.25) is 0 Å². The van der Waals surface area contributed by atoms with E-state index in [1.54, 1.807) is 20.8 Å². The lowest BCUT2D eigenvalue weighted by Gasteiger charge is -2.25. The smallest absolute Gasteiger partial charge is 0.276 e. The lowest BCUT2D eigenvalue weighted by Crippen LogP contribution is -3.10. The van der Waals surface area contributed by atoms with Crippen LogP contribution in [0, 0.1) is 0 Å². The van der Waals surface area contributed by atoms with Crippen LogP contribution in [0.15, 0.2) is 30.3 Å². The number of nitrogens with zero attached hydrogens (tertiary/aromatic N) is 6. The van der Waals surface area contributed by atoms with Crippen LogP contribution in [-0.4, -0.2) is 56.4 Å². The van der Waals surface area contributed by atoms with Gasteiger partial charge in [0, 0.05) is 25.1 Å². The number of nitrogens with one attached hydrogen (secondary N) is 1. The summed E-state index contributed by atoms with van der Waals surface area (Å²) in [5, 5.41) is 22.8. The second-order valence-corrected chi connectivity index (χ2v) is 8.49. The molecular formula is C20H24N7OS+. The van der Waals surface area contributed by atoms with Crippen molar-refractivity contribution in [2.45, 2.75) is 26.4 Å². The SMILES string of the molecule is CCN(CCO)c1nc2nnnn2c2sc3c(c12)CC[NH+](Cc1ccccc1)C3. The number of quaternary nitrogens is 1. The van der Waals surface area contributed by atoms with Crippen molar-refractivity contribution in [1.82, 2.24) is 25.0 Å². The van der Waals surface area contributed by atoms with Gasteiger partial charge in [-0.1, -0.05) is 35.4 Å². The average molecular weight is 411 g/mol. The average Bonchev–Trinajstić information content (AvgIpc) is 3.36. The minimum absolute atomic E-state index is 0.0917. The molecule has 4 heterocycles. The van der Waals surface area contributed by atoms with Crippen molar-refractivity contribution in [3.05, 3.63) is 46.3 Å². The fourth-order valence-corrected chi connectivity index (χ4v) is 5.59. The summed E-state index contributed by atoms with van der Waals surface area (Å²) in [4.78, 5) is 10.9. The monoisotopic (exact) mass is 410 g/mol. The summed E-state index contributed by atoms with van der Waals surface area (Å²) >= 11 is 1.78. The van der Waals surface area contributed by atoms with Gasteiger partial charge in [-0.3, -0.25) is 0 Å². The zero-order chi connectivity index (χ0) is 19.8. The highest BCUT2D eigenvalue weighted by Crippen LogP contribution is 2.37. The number of rotatable bonds is 6. The largest absolute Gasteiger partial charge is 0.395 e. The fourth-order valence-electron chi connectivity index (χ4n) is 4.23. The normalized spacial score (nSPS) is 16.4. The molecule has 0 saturated carbocycles. The molecule has 150 valence electrons. The molecule has 0 amide bonds. The first kappa shape index (κ1) is 18.4. The fraction of sp³-hybridized carbons (Fsp3) is 0.400. The summed E-state index contributed by atoms with van der Waals surface area (Å²) in [5.74, 6) is 1.40. The predicted octanol–water partition coefficient (Wildman–Crippen LogP) is 0.694. The Morgan fingerprint density at radius 1 is 1.28 bits per heavy atom. The van der Waals surface area contributed by atoms with Crippen LogP contribution in [0.4, 0.5) is 5.82 Å². The second-order valence-electron chi connectivity index (χ2n) is 7.40. The first-order chi connectivity index (χ1) is 14.3. The van der Waals surface area contributed by atoms with E-state index in [4.69, 9.17) is 4.98 Å². The van der Waals surface area contributed by atoms with Crippen LogP contribution in [0.5, 0.6) is 0 Å². The molecule has 0 radical (unpaired) electrons. The molecule has 5 rings (SSSR count). The Kier molecular flexibility index (Phi) is 4.86. The van der Waals surface area contributed by atoms with Gasteiger partial charge in [-0.25, -0.2) is 0 Å². The van der Waals surface area contributed by atoms with Crippen molar-refractivity contribution in [1.29, 1.82) is 0 Å². The molecule has 1 aliphatic heterocycles. The van der Waals surface area contributed by atoms with Gasteiger partial charge in [0.15, 0.2) is 0 Å². The van der Waals surface area contributed by atoms with Crippen molar-refractivity contribution in [3.63, 3.8) is 0 Å². The highest BCUT2D eigenvalue weighted by Gasteiger charge is 2.29. The molecular weight excluding hydrogens is 386 g/mol. The predicted molar refractivity (Wildman–Crippen MR) is 112 cm³/mol. The van der Waals surface area contributed by atoms with Gasteiger partial charge in [0.1, 0.15) is 23.7 Å². The van der Waals surface area contributed by atoms with E-state index in [1.165, 1.54) is 16.0 Å². The van der Waals surface area contributed by atoms with Gasteiger partial charge in [0.2, 0.25) is 0 Å². The maximum absolute atomic E-state index is 9.52. The van der Waals surface area contributed by atoms with E-state index in [-0.39, 0.29) is 6.61 Å². The molecule has 0 fully saturated rings. The summed E-state index contributed by atoms with van der Waals surface area (Å²) in [6.45, 7) is 6.62. The van der Waals surface area contributed by atoms with Crippen LogP contribution in [-0.2, 0) is 19.5 Å². The summed E-state index contributed by atoms with van der Waals surface area (Å²) in [6.07, 6.45) is 1.01. The third-order valence-electron chi connectivity index (χ3n) is 5.63. The van der Waals surface area contributed by atoms with Crippen molar-refractivity contribution in [2.24, 2.45) is 0 Å². The summed E-state index contributed by atoms with van der Waals surface area (Å²) in [5.41, 5.74) is 2.75. The number of fused-ring (bicyclic) bond motifs is 5. The van der Waals surface area contributed by atoms with E-state index in [0.29, 0.717) is 12.3 Å². The Balaban J connectivity index is 1.58. The molecule has 4 aromatic rings. The second kappa shape index (κ2) is 7.66. The van der Waals surface area contributed by atoms with E-state index in [1.807, 2.05) is 0 Å². The molecule has 9 heteroatoms. The number of anilines is 1. The minimum Gasteiger partial charge on any atom is -0.395 e. The van der Waals surface area contributed by atoms with Gasteiger partial charge in [-0.2, -0.15) is 9.50 Å². The van der Waals surface area contributed by atoms with E-state index in [9.17, 15) is 5.11 Å². The first-order valence-electron chi connectivity index (χ1n) is 10.0. The lowest BCUT2D eigenvalue weighted by atomic mass is 10.0. The number of aromatic nitrogens is 5. The number of aliphatic hydroxyl groups excluding tert-OH is 1. The van der Waals surface area contributed by atoms with Crippen LogP contribution in [0.1, 0.15) is 22.9 Å². The Morgan fingerprint density at radius 2 is 2.14 bits per heavy atom. The molecule has 8 nitrogen and oxygen atoms in total. The Hall–Kier alpha value is -2.62. The lowest BCUT2D eigenvalue weighted by molar-refractivity contribution is -0.929. The van der Waals surface area contributed by atoms with E-state index in [0.717, 1.165) is 48.6 Å². The summed E-state index contributed by atoms with van der Waals surface area (Å²) in [7, 11) is 0. The van der Waals surface area contributed by atoms with Gasteiger partial charge in [-0.15, -0.1) is 11.3 Å². The maximum Gasteiger partial charge on any atom is 0.276 e. The highest BCUT2D eigenvalue weighted by atomic mass is 32.1. The first-order valence-corrected chi connectivity index (χ1v) is 10.9. The summed E-state index contributed by atoms with van der Waals surface area (Å²) < 4.78 is 1.76. The number of benzene rings is 1. The standard InChI is InChI=1S/C20H23N7OS/c1-2-26(10-11-28)18-17-15-8-9-25(12-14-6-4-3-5-7-14)13-16(15)29-19(17)27-20(21-18)22-23-24-27/h3-7,28H,2,8-13H2,1H3/p+1. The molecule has 1 aromatic carbocycles. The van der Waals surface area contributed by atoms with Gasteiger partial charge in [0.25, 0.3) is 5.78 Å². The molecule has 1 aliphatic rings. The Bertz CT molecular complexity index is 1140. The molecule has 0 saturated heterocycles. The van der Waals surface area contributed by atoms with Crippen molar-refractivity contribution in [2.75, 3.05) is 31.1 Å². The molecule has 3 aromatic heterocycles. The molecule has 0 aliphatic carbocycles. The van der Waals surface area contributed by atoms with Crippen molar-refractivity contribution in [3.8, 4) is 0 Å². The molecule has 29 heavy (non-hydrogen) atoms. The summed E-state index contributed by atoms with van der Waals surface area (Å²) in [6, 6.07) is 10.7. The number of hydrogen-bond acceptors (Lipinski definition) is 7. The third kappa shape index (κ3) is 3.25. The molecule has 2 N–H and O–H groups in total. The van der Waals surface area contributed by atoms with Gasteiger partial charge in [-0.05, 0) is 22.9 Å². The van der Waals surface area contributed by atoms with E-state index < -0.39 is 0 Å². The zero-order valence-corrected chi connectivity index (χ0v) is 17.2. The number of thiophene rings is 1. The van der Waals surface area contributed by atoms with E-state index in [2.05, 4.69) is 57.7 Å². The Labute approximate surface area is 172 Å². The number of tetrazole rings is 1. The quantitative estimate of drug-likeness (QED) is 0.487. The third-order valence-corrected chi connectivity index (χ3v) is 6.84. The van der Waals surface area contributed by atoms with E-state index >= 15 is 0 Å². The van der Waals surface area contributed by atoms with Gasteiger partial charge >= 0.3 is 0 Å². The van der Waals surface area contributed by atoms with Crippen molar-refractivity contribution < 1.29 is 10.0 Å². The number of hydrogen-bond donors (Lipinski definition) is 2. The van der Waals surface area contributed by atoms with Gasteiger partial charge < -0.3 is 14.9 Å². The Morgan fingerprint density at radius 3 is 2.93 bits per heavy atom. The number of likely N-dealkylation sites (N-methyl/N-ethyl adjacent to an activating group) is 1. The molecule has 0 spiro atoms.